The zero-order valence-corrected chi connectivity index (χ0v) is 19.6. The van der Waals surface area contributed by atoms with Crippen LogP contribution in [0.25, 0.3) is 0 Å². The lowest BCUT2D eigenvalue weighted by Crippen LogP contribution is -2.35. The van der Waals surface area contributed by atoms with Crippen molar-refractivity contribution in [3.63, 3.8) is 0 Å². The van der Waals surface area contributed by atoms with Crippen molar-refractivity contribution >= 4 is 11.4 Å². The predicted octanol–water partition coefficient (Wildman–Crippen LogP) is 3.21. The Morgan fingerprint density at radius 2 is 1.27 bits per heavy atom. The molecular formula is C27H34N2O4. The number of rotatable bonds is 10. The zero-order chi connectivity index (χ0) is 22.7. The van der Waals surface area contributed by atoms with Gasteiger partial charge in [0.2, 0.25) is 0 Å². The van der Waals surface area contributed by atoms with Crippen LogP contribution < -0.4 is 11.5 Å². The van der Waals surface area contributed by atoms with Gasteiger partial charge in [-0.25, -0.2) is 0 Å². The summed E-state index contributed by atoms with van der Waals surface area (Å²) >= 11 is 0. The van der Waals surface area contributed by atoms with E-state index in [1.807, 2.05) is 6.07 Å². The molecule has 33 heavy (non-hydrogen) atoms. The topological polar surface area (TPSA) is 102 Å². The van der Waals surface area contributed by atoms with E-state index >= 15 is 0 Å². The Bertz CT molecular complexity index is 1050. The van der Waals surface area contributed by atoms with Crippen molar-refractivity contribution in [3.05, 3.63) is 57.6 Å². The van der Waals surface area contributed by atoms with Crippen molar-refractivity contribution in [1.29, 1.82) is 0 Å². The van der Waals surface area contributed by atoms with Gasteiger partial charge >= 0.3 is 0 Å². The van der Waals surface area contributed by atoms with Crippen LogP contribution >= 0.6 is 0 Å². The number of nitrogen functional groups attached to an aromatic ring is 2. The first-order chi connectivity index (χ1) is 15.9. The smallest absolute Gasteiger partial charge is 0.0851 e. The second-order valence-corrected chi connectivity index (χ2v) is 10.4. The van der Waals surface area contributed by atoms with Crippen LogP contribution in [0.3, 0.4) is 0 Å². The van der Waals surface area contributed by atoms with Crippen LogP contribution in [0.1, 0.15) is 46.2 Å². The van der Waals surface area contributed by atoms with E-state index in [9.17, 15) is 0 Å². The van der Waals surface area contributed by atoms with Gasteiger partial charge in [-0.2, -0.15) is 0 Å². The summed E-state index contributed by atoms with van der Waals surface area (Å²) in [5.74, 6) is 0. The van der Waals surface area contributed by atoms with Gasteiger partial charge in [-0.3, -0.25) is 0 Å². The van der Waals surface area contributed by atoms with Crippen molar-refractivity contribution in [2.24, 2.45) is 0 Å². The Balaban J connectivity index is 1.58. The third-order valence-corrected chi connectivity index (χ3v) is 7.71. The van der Waals surface area contributed by atoms with Gasteiger partial charge < -0.3 is 30.4 Å². The summed E-state index contributed by atoms with van der Waals surface area (Å²) in [5.41, 5.74) is 22.0. The van der Waals surface area contributed by atoms with Gasteiger partial charge in [-0.05, 0) is 72.2 Å². The molecular weight excluding hydrogens is 416 g/mol. The van der Waals surface area contributed by atoms with Crippen molar-refractivity contribution in [2.45, 2.75) is 69.4 Å². The minimum atomic E-state index is -0.234. The molecule has 0 spiro atoms. The van der Waals surface area contributed by atoms with Crippen LogP contribution in [0, 0.1) is 13.8 Å². The van der Waals surface area contributed by atoms with Gasteiger partial charge in [-0.1, -0.05) is 12.1 Å². The number of aryl methyl sites for hydroxylation is 2. The lowest BCUT2D eigenvalue weighted by molar-refractivity contribution is 0.297. The standard InChI is InChI=1S/C27H34N2O4/c1-15-5-17(28)3-4-24(15)27(9-20-13-32-20,10-21-14-33-21)25-6-16(2)26(29)23(8-19-12-31-19)22(25)7-18-11-30-18/h3-6,18-21H,7-14,28-29H2,1-2H3. The minimum Gasteiger partial charge on any atom is -0.399 e. The van der Waals surface area contributed by atoms with Gasteiger partial charge in [0.25, 0.3) is 0 Å². The lowest BCUT2D eigenvalue weighted by atomic mass is 9.64. The molecule has 4 aliphatic heterocycles. The fraction of sp³-hybridized carbons (Fsp3) is 0.556. The maximum Gasteiger partial charge on any atom is 0.0851 e. The monoisotopic (exact) mass is 450 g/mol. The van der Waals surface area contributed by atoms with Crippen molar-refractivity contribution < 1.29 is 18.9 Å². The van der Waals surface area contributed by atoms with Gasteiger partial charge in [0.15, 0.2) is 0 Å². The molecule has 0 radical (unpaired) electrons. The first-order valence-corrected chi connectivity index (χ1v) is 12.2. The highest BCUT2D eigenvalue weighted by atomic mass is 16.6. The molecule has 4 fully saturated rings. The maximum atomic E-state index is 6.72. The molecule has 6 rings (SSSR count). The molecule has 6 nitrogen and oxygen atoms in total. The normalized spacial score (nSPS) is 28.9. The average Bonchev–Trinajstić information content (AvgIpc) is 3.60. The summed E-state index contributed by atoms with van der Waals surface area (Å²) in [6, 6.07) is 8.69. The van der Waals surface area contributed by atoms with Crippen molar-refractivity contribution in [1.82, 2.24) is 0 Å². The summed E-state index contributed by atoms with van der Waals surface area (Å²) in [7, 11) is 0. The second-order valence-electron chi connectivity index (χ2n) is 10.4. The van der Waals surface area contributed by atoms with E-state index in [0.29, 0.717) is 0 Å². The Morgan fingerprint density at radius 3 is 1.79 bits per heavy atom. The molecule has 0 aliphatic carbocycles. The highest BCUT2D eigenvalue weighted by molar-refractivity contribution is 5.64. The summed E-state index contributed by atoms with van der Waals surface area (Å²) in [5, 5.41) is 0. The second kappa shape index (κ2) is 7.98. The number of benzene rings is 2. The van der Waals surface area contributed by atoms with Crippen LogP contribution in [0.2, 0.25) is 0 Å². The molecule has 176 valence electrons. The minimum absolute atomic E-state index is 0.234. The van der Waals surface area contributed by atoms with E-state index in [0.717, 1.165) is 69.0 Å². The Labute approximate surface area is 195 Å². The molecule has 2 aromatic rings. The van der Waals surface area contributed by atoms with E-state index in [-0.39, 0.29) is 29.8 Å². The Morgan fingerprint density at radius 1 is 0.727 bits per heavy atom. The highest BCUT2D eigenvalue weighted by Gasteiger charge is 2.47. The fourth-order valence-corrected chi connectivity index (χ4v) is 5.71. The van der Waals surface area contributed by atoms with E-state index in [1.54, 1.807) is 0 Å². The van der Waals surface area contributed by atoms with E-state index < -0.39 is 0 Å². The van der Waals surface area contributed by atoms with Crippen molar-refractivity contribution in [2.75, 3.05) is 37.9 Å². The molecule has 4 N–H and O–H groups in total. The molecule has 4 aliphatic rings. The highest BCUT2D eigenvalue weighted by Crippen LogP contribution is 2.50. The molecule has 4 heterocycles. The quantitative estimate of drug-likeness (QED) is 0.426. The van der Waals surface area contributed by atoms with E-state index in [1.165, 1.54) is 27.8 Å². The summed E-state index contributed by atoms with van der Waals surface area (Å²) < 4.78 is 23.0. The molecule has 4 saturated heterocycles. The van der Waals surface area contributed by atoms with E-state index in [4.69, 9.17) is 30.4 Å². The van der Waals surface area contributed by atoms with Gasteiger partial charge in [0.1, 0.15) is 0 Å². The van der Waals surface area contributed by atoms with Gasteiger partial charge in [0.05, 0.1) is 50.8 Å². The number of ether oxygens (including phenoxy) is 4. The number of nitrogens with two attached hydrogens (primary N) is 2. The summed E-state index contributed by atoms with van der Waals surface area (Å²) in [4.78, 5) is 0. The molecule has 0 amide bonds. The lowest BCUT2D eigenvalue weighted by Gasteiger charge is -2.39. The van der Waals surface area contributed by atoms with Crippen LogP contribution in [0.5, 0.6) is 0 Å². The molecule has 0 aromatic heterocycles. The predicted molar refractivity (Wildman–Crippen MR) is 128 cm³/mol. The van der Waals surface area contributed by atoms with Crippen molar-refractivity contribution in [3.8, 4) is 0 Å². The first-order valence-electron chi connectivity index (χ1n) is 12.2. The van der Waals surface area contributed by atoms with Gasteiger partial charge in [-0.15, -0.1) is 0 Å². The average molecular weight is 451 g/mol. The first kappa shape index (κ1) is 21.4. The molecule has 6 heteroatoms. The number of hydrogen-bond donors (Lipinski definition) is 2. The van der Waals surface area contributed by atoms with Gasteiger partial charge in [0, 0.05) is 29.6 Å². The third kappa shape index (κ3) is 4.37. The van der Waals surface area contributed by atoms with Crippen LogP contribution in [-0.4, -0.2) is 50.8 Å². The van der Waals surface area contributed by atoms with Crippen LogP contribution in [-0.2, 0) is 37.2 Å². The zero-order valence-electron chi connectivity index (χ0n) is 19.6. The molecule has 4 unspecified atom stereocenters. The summed E-state index contributed by atoms with van der Waals surface area (Å²) in [6.07, 6.45) is 4.67. The number of anilines is 2. The Kier molecular flexibility index (Phi) is 5.18. The van der Waals surface area contributed by atoms with Crippen LogP contribution in [0.15, 0.2) is 24.3 Å². The summed E-state index contributed by atoms with van der Waals surface area (Å²) in [6.45, 7) is 7.58. The largest absolute Gasteiger partial charge is 0.399 e. The molecule has 2 aromatic carbocycles. The third-order valence-electron chi connectivity index (χ3n) is 7.71. The molecule has 0 saturated carbocycles. The van der Waals surface area contributed by atoms with Crippen LogP contribution in [0.4, 0.5) is 11.4 Å². The number of epoxide rings is 4. The Hall–Kier alpha value is -2.12. The maximum absolute atomic E-state index is 6.72. The number of hydrogen-bond acceptors (Lipinski definition) is 6. The molecule has 0 bridgehead atoms. The molecule has 4 atom stereocenters. The fourth-order valence-electron chi connectivity index (χ4n) is 5.71. The SMILES string of the molecule is Cc1cc(N)ccc1C(CC1CO1)(CC1CO1)c1cc(C)c(N)c(CC2CO2)c1CC1CO1. The van der Waals surface area contributed by atoms with E-state index in [2.05, 4.69) is 32.0 Å².